The van der Waals surface area contributed by atoms with E-state index in [4.69, 9.17) is 0 Å². The highest BCUT2D eigenvalue weighted by atomic mass is 19.4. The number of H-pyrrole nitrogens is 1. The number of hydrogen-bond donors (Lipinski definition) is 2. The zero-order valence-electron chi connectivity index (χ0n) is 13.4. The van der Waals surface area contributed by atoms with Crippen molar-refractivity contribution in [2.45, 2.75) is 11.8 Å². The molecule has 1 atom stereocenters. The van der Waals surface area contributed by atoms with Crippen LogP contribution in [-0.2, 0) is 9.53 Å². The van der Waals surface area contributed by atoms with E-state index in [1.54, 1.807) is 0 Å². The Balaban J connectivity index is 2.50. The van der Waals surface area contributed by atoms with E-state index in [0.29, 0.717) is 0 Å². The van der Waals surface area contributed by atoms with Gasteiger partial charge in [0.05, 0.1) is 18.9 Å². The van der Waals surface area contributed by atoms with Crippen LogP contribution in [0.2, 0.25) is 0 Å². The van der Waals surface area contributed by atoms with Crippen molar-refractivity contribution in [2.75, 3.05) is 12.4 Å². The molecule has 0 spiro atoms. The number of hydrogen-bond acceptors (Lipinski definition) is 4. The van der Waals surface area contributed by atoms with Crippen LogP contribution in [0.1, 0.15) is 10.4 Å². The fraction of sp³-hybridized carbons (Fsp3) is 0.188. The summed E-state index contributed by atoms with van der Waals surface area (Å²) in [6.45, 7) is 0. The van der Waals surface area contributed by atoms with Crippen molar-refractivity contribution in [3.8, 4) is 0 Å². The summed E-state index contributed by atoms with van der Waals surface area (Å²) in [5.74, 6) is -4.55. The molecule has 0 aliphatic rings. The van der Waals surface area contributed by atoms with Gasteiger partial charge in [0.1, 0.15) is 5.82 Å². The number of aromatic amines is 1. The molecule has 1 amide bonds. The number of methoxy groups -OCH3 is 1. The number of anilines is 1. The monoisotopic (exact) mass is 372 g/mol. The summed E-state index contributed by atoms with van der Waals surface area (Å²) in [6, 6.07) is 8.52. The maximum Gasteiger partial charge on any atom is 0.464 e. The van der Waals surface area contributed by atoms with Gasteiger partial charge in [-0.05, 0) is 18.2 Å². The quantitative estimate of drug-likeness (QED) is 0.477. The van der Waals surface area contributed by atoms with Crippen LogP contribution in [0, 0.1) is 5.82 Å². The van der Waals surface area contributed by atoms with Crippen LogP contribution < -0.4 is 15.6 Å². The lowest BCUT2D eigenvalue weighted by molar-refractivity contribution is -0.363. The number of carbonyl (C=O) groups excluding carboxylic acids is 2. The normalized spacial score (nSPS) is 13.4. The summed E-state index contributed by atoms with van der Waals surface area (Å²) in [7, 11) is 0.731. The Bertz CT molecular complexity index is 799. The van der Waals surface area contributed by atoms with Crippen molar-refractivity contribution in [1.29, 1.82) is 0 Å². The van der Waals surface area contributed by atoms with Gasteiger partial charge in [0.15, 0.2) is 0 Å². The number of aromatic nitrogens is 1. The number of nitrogens with one attached hydrogen (secondary N) is 3. The van der Waals surface area contributed by atoms with Gasteiger partial charge >= 0.3 is 17.8 Å². The van der Waals surface area contributed by atoms with Gasteiger partial charge in [-0.15, -0.1) is 0 Å². The average Bonchev–Trinajstić information content (AvgIpc) is 2.60. The lowest BCUT2D eigenvalue weighted by Gasteiger charge is -2.30. The minimum atomic E-state index is -5.31. The van der Waals surface area contributed by atoms with Crippen LogP contribution in [0.5, 0.6) is 0 Å². The second-order valence-electron chi connectivity index (χ2n) is 5.07. The second kappa shape index (κ2) is 7.38. The second-order valence-corrected chi connectivity index (χ2v) is 5.07. The zero-order valence-corrected chi connectivity index (χ0v) is 13.4. The molecule has 0 saturated heterocycles. The summed E-state index contributed by atoms with van der Waals surface area (Å²) in [5, 5.41) is 3.41. The number of amides is 1. The first-order chi connectivity index (χ1) is 12.2. The van der Waals surface area contributed by atoms with E-state index >= 15 is 0 Å². The van der Waals surface area contributed by atoms with E-state index in [1.807, 2.05) is 5.32 Å². The van der Waals surface area contributed by atoms with Crippen LogP contribution in [-0.4, -0.2) is 30.8 Å². The maximum absolute atomic E-state index is 13.8. The molecule has 0 saturated carbocycles. The Morgan fingerprint density at radius 3 is 2.27 bits per heavy atom. The number of ether oxygens (including phenoxy) is 1. The lowest BCUT2D eigenvalue weighted by Crippen LogP contribution is -2.69. The largest absolute Gasteiger partial charge is 0.464 e. The van der Waals surface area contributed by atoms with Gasteiger partial charge in [0.25, 0.3) is 11.7 Å². The Labute approximate surface area is 145 Å². The minimum Gasteiger partial charge on any atom is -0.464 e. The first kappa shape index (κ1) is 19.2. The van der Waals surface area contributed by atoms with Crippen molar-refractivity contribution >= 4 is 17.7 Å². The van der Waals surface area contributed by atoms with Crippen molar-refractivity contribution in [1.82, 2.24) is 5.32 Å². The third-order valence-corrected chi connectivity index (χ3v) is 3.37. The molecule has 138 valence electrons. The van der Waals surface area contributed by atoms with Crippen LogP contribution in [0.15, 0.2) is 48.7 Å². The molecule has 0 fully saturated rings. The van der Waals surface area contributed by atoms with Gasteiger partial charge in [-0.25, -0.2) is 19.5 Å². The van der Waals surface area contributed by atoms with Gasteiger partial charge in [0.2, 0.25) is 0 Å². The van der Waals surface area contributed by atoms with E-state index < -0.39 is 35.1 Å². The molecule has 10 heteroatoms. The summed E-state index contributed by atoms with van der Waals surface area (Å²) in [4.78, 5) is 26.7. The molecule has 1 aromatic heterocycles. The highest BCUT2D eigenvalue weighted by Crippen LogP contribution is 2.32. The van der Waals surface area contributed by atoms with Crippen LogP contribution in [0.4, 0.5) is 23.4 Å². The number of esters is 1. The Morgan fingerprint density at radius 2 is 1.73 bits per heavy atom. The molecule has 0 radical (unpaired) electrons. The zero-order chi connectivity index (χ0) is 19.4. The van der Waals surface area contributed by atoms with Crippen LogP contribution in [0.25, 0.3) is 0 Å². The molecule has 3 N–H and O–H groups in total. The first-order valence-corrected chi connectivity index (χ1v) is 7.18. The Hall–Kier alpha value is -3.17. The molecule has 0 bridgehead atoms. The fourth-order valence-corrected chi connectivity index (χ4v) is 2.10. The number of benzene rings is 1. The Kier molecular flexibility index (Phi) is 5.44. The molecule has 6 nitrogen and oxygen atoms in total. The molecular weight excluding hydrogens is 358 g/mol. The van der Waals surface area contributed by atoms with Crippen molar-refractivity contribution in [2.24, 2.45) is 0 Å². The standard InChI is InChI=1S/C16H13F4N3O3/c1-26-14(25)15(16(18,19)20,22-12-8-4-5-9-21-12)23-13(24)10-6-2-3-7-11(10)17/h2-9H,1H3,(H,21,22)(H,23,24)/p+1/t15-/m1/s1. The van der Waals surface area contributed by atoms with E-state index in [-0.39, 0.29) is 5.82 Å². The molecular formula is C16H14F4N3O3+. The van der Waals surface area contributed by atoms with Crippen LogP contribution in [0.3, 0.4) is 0 Å². The molecule has 0 unspecified atom stereocenters. The van der Waals surface area contributed by atoms with E-state index in [9.17, 15) is 27.2 Å². The molecule has 1 aromatic carbocycles. The predicted octanol–water partition coefficient (Wildman–Crippen LogP) is 1.91. The highest BCUT2D eigenvalue weighted by molar-refractivity contribution is 5.99. The van der Waals surface area contributed by atoms with E-state index in [1.165, 1.54) is 41.8 Å². The molecule has 2 rings (SSSR count). The third kappa shape index (κ3) is 3.73. The topological polar surface area (TPSA) is 81.6 Å². The molecule has 0 aliphatic heterocycles. The molecule has 26 heavy (non-hydrogen) atoms. The van der Waals surface area contributed by atoms with Crippen molar-refractivity contribution < 1.29 is 36.9 Å². The average molecular weight is 372 g/mol. The van der Waals surface area contributed by atoms with Crippen molar-refractivity contribution in [3.05, 3.63) is 60.0 Å². The molecule has 1 heterocycles. The van der Waals surface area contributed by atoms with E-state index in [0.717, 1.165) is 19.2 Å². The summed E-state index contributed by atoms with van der Waals surface area (Å²) >= 11 is 0. The maximum atomic E-state index is 13.8. The summed E-state index contributed by atoms with van der Waals surface area (Å²) in [6.07, 6.45) is -4.01. The van der Waals surface area contributed by atoms with Gasteiger partial charge in [-0.1, -0.05) is 18.2 Å². The SMILES string of the molecule is COC(=O)[C@](NC(=O)c1ccccc1F)(Nc1cccc[nH+]1)C(F)(F)F. The Morgan fingerprint density at radius 1 is 1.08 bits per heavy atom. The number of halogens is 4. The number of rotatable bonds is 5. The van der Waals surface area contributed by atoms with Crippen LogP contribution >= 0.6 is 0 Å². The van der Waals surface area contributed by atoms with E-state index in [2.05, 4.69) is 9.72 Å². The predicted molar refractivity (Wildman–Crippen MR) is 81.3 cm³/mol. The van der Waals surface area contributed by atoms with Gasteiger partial charge in [0, 0.05) is 6.07 Å². The number of alkyl halides is 3. The summed E-state index contributed by atoms with van der Waals surface area (Å²) in [5.41, 5.74) is -4.30. The molecule has 0 aliphatic carbocycles. The first-order valence-electron chi connectivity index (χ1n) is 7.18. The van der Waals surface area contributed by atoms with Gasteiger partial charge in [-0.3, -0.25) is 10.1 Å². The molecule has 2 aromatic rings. The lowest BCUT2D eigenvalue weighted by atomic mass is 10.1. The number of carbonyl (C=O) groups is 2. The minimum absolute atomic E-state index is 0.232. The third-order valence-electron chi connectivity index (χ3n) is 3.37. The van der Waals surface area contributed by atoms with Gasteiger partial charge in [-0.2, -0.15) is 13.2 Å². The summed E-state index contributed by atoms with van der Waals surface area (Å²) < 4.78 is 59.3. The fourth-order valence-electron chi connectivity index (χ4n) is 2.10. The van der Waals surface area contributed by atoms with Crippen molar-refractivity contribution in [3.63, 3.8) is 0 Å². The smallest absolute Gasteiger partial charge is 0.464 e. The number of pyridine rings is 1. The van der Waals surface area contributed by atoms with Gasteiger partial charge < -0.3 is 4.74 Å². The highest BCUT2D eigenvalue weighted by Gasteiger charge is 2.67.